The Labute approximate surface area is 111 Å². The number of carboxylic acid groups (broad SMARTS) is 2. The lowest BCUT2D eigenvalue weighted by Crippen LogP contribution is -2.45. The van der Waals surface area contributed by atoms with Crippen molar-refractivity contribution in [1.29, 1.82) is 0 Å². The summed E-state index contributed by atoms with van der Waals surface area (Å²) in [6.45, 7) is 0. The lowest BCUT2D eigenvalue weighted by molar-refractivity contribution is -0.162. The summed E-state index contributed by atoms with van der Waals surface area (Å²) in [6.07, 6.45) is 7.05. The van der Waals surface area contributed by atoms with Crippen LogP contribution in [0.15, 0.2) is 12.2 Å². The molecule has 4 aliphatic carbocycles. The Kier molecular flexibility index (Phi) is 2.06. The number of hydrogen-bond donors (Lipinski definition) is 2. The molecule has 0 spiro atoms. The molecule has 3 saturated carbocycles. The molecule has 3 fully saturated rings. The fourth-order valence-electron chi connectivity index (χ4n) is 6.00. The van der Waals surface area contributed by atoms with E-state index in [1.54, 1.807) is 0 Å². The van der Waals surface area contributed by atoms with E-state index in [1.807, 2.05) is 0 Å². The maximum Gasteiger partial charge on any atom is 0.310 e. The predicted molar refractivity (Wildman–Crippen MR) is 66.3 cm³/mol. The largest absolute Gasteiger partial charge is 0.481 e. The molecule has 0 aromatic carbocycles. The summed E-state index contributed by atoms with van der Waals surface area (Å²) in [5.41, 5.74) is -0.990. The van der Waals surface area contributed by atoms with Gasteiger partial charge in [0.1, 0.15) is 0 Å². The number of carbonyl (C=O) groups is 2. The van der Waals surface area contributed by atoms with Crippen LogP contribution in [-0.4, -0.2) is 22.2 Å². The maximum atomic E-state index is 11.8. The van der Waals surface area contributed by atoms with E-state index in [1.165, 1.54) is 6.42 Å². The van der Waals surface area contributed by atoms with Crippen molar-refractivity contribution >= 4 is 11.9 Å². The van der Waals surface area contributed by atoms with Gasteiger partial charge in [-0.15, -0.1) is 0 Å². The Morgan fingerprint density at radius 2 is 1.79 bits per heavy atom. The van der Waals surface area contributed by atoms with E-state index in [2.05, 4.69) is 12.2 Å². The molecule has 0 aromatic rings. The lowest BCUT2D eigenvalue weighted by Gasteiger charge is -2.42. The first-order valence-electron chi connectivity index (χ1n) is 7.16. The first-order chi connectivity index (χ1) is 9.03. The molecule has 0 aliphatic heterocycles. The van der Waals surface area contributed by atoms with E-state index >= 15 is 0 Å². The molecule has 7 atom stereocenters. The molecule has 7 unspecified atom stereocenters. The average Bonchev–Trinajstić information content (AvgIpc) is 3.04. The molecule has 0 radical (unpaired) electrons. The average molecular weight is 262 g/mol. The van der Waals surface area contributed by atoms with Gasteiger partial charge in [0.15, 0.2) is 0 Å². The van der Waals surface area contributed by atoms with Crippen molar-refractivity contribution in [3.8, 4) is 0 Å². The van der Waals surface area contributed by atoms with Crippen molar-refractivity contribution in [3.05, 3.63) is 12.2 Å². The van der Waals surface area contributed by atoms with Gasteiger partial charge in [-0.2, -0.15) is 0 Å². The van der Waals surface area contributed by atoms with Crippen molar-refractivity contribution in [1.82, 2.24) is 0 Å². The van der Waals surface area contributed by atoms with Crippen LogP contribution in [0.25, 0.3) is 0 Å². The molecule has 4 bridgehead atoms. The Balaban J connectivity index is 1.72. The topological polar surface area (TPSA) is 74.6 Å². The minimum atomic E-state index is -0.990. The maximum absolute atomic E-state index is 11.8. The minimum absolute atomic E-state index is 0.0797. The molecular formula is C15H18O4. The number of aliphatic carboxylic acids is 2. The van der Waals surface area contributed by atoms with Crippen LogP contribution in [0.4, 0.5) is 0 Å². The molecule has 4 heteroatoms. The molecule has 102 valence electrons. The Morgan fingerprint density at radius 3 is 2.42 bits per heavy atom. The highest BCUT2D eigenvalue weighted by Crippen LogP contribution is 2.71. The van der Waals surface area contributed by atoms with E-state index < -0.39 is 17.4 Å². The van der Waals surface area contributed by atoms with E-state index in [4.69, 9.17) is 5.11 Å². The second-order valence-electron chi connectivity index (χ2n) is 6.94. The smallest absolute Gasteiger partial charge is 0.310 e. The third-order valence-electron chi connectivity index (χ3n) is 6.38. The molecule has 0 heterocycles. The van der Waals surface area contributed by atoms with Crippen LogP contribution in [-0.2, 0) is 9.59 Å². The van der Waals surface area contributed by atoms with Gasteiger partial charge in [0.2, 0.25) is 0 Å². The molecule has 4 rings (SSSR count). The van der Waals surface area contributed by atoms with Gasteiger partial charge < -0.3 is 10.2 Å². The van der Waals surface area contributed by atoms with Crippen molar-refractivity contribution < 1.29 is 19.8 Å². The molecule has 0 amide bonds. The van der Waals surface area contributed by atoms with Gasteiger partial charge in [0.05, 0.1) is 11.8 Å². The highest BCUT2D eigenvalue weighted by Gasteiger charge is 2.68. The summed E-state index contributed by atoms with van der Waals surface area (Å²) in [7, 11) is 0. The SMILES string of the molecule is O=C(O)CC1(C(=O)O)CC2CC1C1C3C=CC(C3)C21. The molecule has 2 N–H and O–H groups in total. The molecule has 4 aliphatic rings. The van der Waals surface area contributed by atoms with E-state index in [-0.39, 0.29) is 12.3 Å². The van der Waals surface area contributed by atoms with Gasteiger partial charge in [0.25, 0.3) is 0 Å². The summed E-state index contributed by atoms with van der Waals surface area (Å²) in [5.74, 6) is 0.893. The standard InChI is InChI=1S/C15H18O4/c16-11(17)6-15(14(18)19)5-9-4-10(15)13-8-2-1-7(3-8)12(9)13/h1-2,7-10,12-13H,3-6H2,(H,16,17)(H,18,19). The first kappa shape index (κ1) is 11.5. The number of fused-ring (bicyclic) bond motifs is 9. The first-order valence-corrected chi connectivity index (χ1v) is 7.16. The Hall–Kier alpha value is -1.32. The third kappa shape index (κ3) is 1.25. The van der Waals surface area contributed by atoms with Crippen LogP contribution < -0.4 is 0 Å². The summed E-state index contributed by atoms with van der Waals surface area (Å²) < 4.78 is 0. The van der Waals surface area contributed by atoms with Gasteiger partial charge in [-0.1, -0.05) is 12.2 Å². The summed E-state index contributed by atoms with van der Waals surface area (Å²) in [5, 5.41) is 18.8. The van der Waals surface area contributed by atoms with Crippen LogP contribution in [0.2, 0.25) is 0 Å². The van der Waals surface area contributed by atoms with E-state index in [0.717, 1.165) is 6.42 Å². The Bertz CT molecular complexity index is 496. The van der Waals surface area contributed by atoms with Gasteiger partial charge in [-0.05, 0) is 54.8 Å². The second kappa shape index (κ2) is 3.41. The number of allylic oxidation sites excluding steroid dienone is 2. The highest BCUT2D eigenvalue weighted by atomic mass is 16.4. The molecule has 0 aromatic heterocycles. The monoisotopic (exact) mass is 262 g/mol. The van der Waals surface area contributed by atoms with Crippen LogP contribution in [0.3, 0.4) is 0 Å². The zero-order chi connectivity index (χ0) is 13.4. The molecule has 0 saturated heterocycles. The van der Waals surface area contributed by atoms with Crippen LogP contribution in [0, 0.1) is 40.9 Å². The quantitative estimate of drug-likeness (QED) is 0.602. The fraction of sp³-hybridized carbons (Fsp3) is 0.733. The van der Waals surface area contributed by atoms with Crippen LogP contribution in [0.5, 0.6) is 0 Å². The number of carboxylic acids is 2. The van der Waals surface area contributed by atoms with Crippen molar-refractivity contribution in [3.63, 3.8) is 0 Å². The molecule has 4 nitrogen and oxygen atoms in total. The minimum Gasteiger partial charge on any atom is -0.481 e. The van der Waals surface area contributed by atoms with Gasteiger partial charge >= 0.3 is 11.9 Å². The molecular weight excluding hydrogens is 244 g/mol. The van der Waals surface area contributed by atoms with E-state index in [9.17, 15) is 14.7 Å². The zero-order valence-corrected chi connectivity index (χ0v) is 10.7. The third-order valence-corrected chi connectivity index (χ3v) is 6.38. The zero-order valence-electron chi connectivity index (χ0n) is 10.7. The van der Waals surface area contributed by atoms with Crippen LogP contribution in [0.1, 0.15) is 25.7 Å². The van der Waals surface area contributed by atoms with Crippen molar-refractivity contribution in [2.75, 3.05) is 0 Å². The second-order valence-corrected chi connectivity index (χ2v) is 6.94. The number of hydrogen-bond acceptors (Lipinski definition) is 2. The van der Waals surface area contributed by atoms with Crippen LogP contribution >= 0.6 is 0 Å². The van der Waals surface area contributed by atoms with Crippen molar-refractivity contribution in [2.24, 2.45) is 40.9 Å². The normalized spacial score (nSPS) is 52.6. The van der Waals surface area contributed by atoms with Gasteiger partial charge in [-0.25, -0.2) is 0 Å². The summed E-state index contributed by atoms with van der Waals surface area (Å²) in [4.78, 5) is 22.9. The van der Waals surface area contributed by atoms with Gasteiger partial charge in [-0.3, -0.25) is 9.59 Å². The fourth-order valence-corrected chi connectivity index (χ4v) is 6.00. The lowest BCUT2D eigenvalue weighted by atomic mass is 9.61. The summed E-state index contributed by atoms with van der Waals surface area (Å²) >= 11 is 0. The number of rotatable bonds is 3. The summed E-state index contributed by atoms with van der Waals surface area (Å²) in [6, 6.07) is 0. The predicted octanol–water partition coefficient (Wildman–Crippen LogP) is 2.01. The van der Waals surface area contributed by atoms with E-state index in [0.29, 0.717) is 36.0 Å². The molecule has 19 heavy (non-hydrogen) atoms. The Morgan fingerprint density at radius 1 is 1.11 bits per heavy atom. The van der Waals surface area contributed by atoms with Gasteiger partial charge in [0, 0.05) is 0 Å². The highest BCUT2D eigenvalue weighted by molar-refractivity contribution is 5.82. The van der Waals surface area contributed by atoms with Crippen molar-refractivity contribution in [2.45, 2.75) is 25.7 Å².